The van der Waals surface area contributed by atoms with Crippen LogP contribution in [-0.4, -0.2) is 36.3 Å². The van der Waals surface area contributed by atoms with E-state index in [4.69, 9.17) is 4.74 Å². The maximum Gasteiger partial charge on any atom is 0.294 e. The van der Waals surface area contributed by atoms with Gasteiger partial charge in [0.2, 0.25) is 5.75 Å². The van der Waals surface area contributed by atoms with Crippen LogP contribution in [0.25, 0.3) is 0 Å². The zero-order valence-electron chi connectivity index (χ0n) is 8.58. The summed E-state index contributed by atoms with van der Waals surface area (Å²) in [4.78, 5) is 29.3. The van der Waals surface area contributed by atoms with Gasteiger partial charge in [-0.05, 0) is 6.26 Å². The number of nitrogens with one attached hydrogen (secondary N) is 2. The fraction of sp³-hybridized carbons (Fsp3) is 0.375. The van der Waals surface area contributed by atoms with Gasteiger partial charge in [0.15, 0.2) is 10.9 Å². The Morgan fingerprint density at radius 2 is 2.27 bits per heavy atom. The van der Waals surface area contributed by atoms with Crippen molar-refractivity contribution < 1.29 is 9.53 Å². The number of hydrogen-bond acceptors (Lipinski definition) is 5. The molecule has 0 bridgehead atoms. The molecular formula is C8H11N3O3S. The average Bonchev–Trinajstić information content (AvgIpc) is 2.26. The standard InChI is InChI=1S/C8H11N3O3S/c1-9-6(12)4-5(14-2)7(13)11-8(10-4)15-3/h1-3H3,(H,9,12)(H,10,11,13). The summed E-state index contributed by atoms with van der Waals surface area (Å²) < 4.78 is 4.82. The first-order chi connectivity index (χ1) is 7.13. The van der Waals surface area contributed by atoms with Crippen molar-refractivity contribution in [2.24, 2.45) is 0 Å². The van der Waals surface area contributed by atoms with Gasteiger partial charge in [0.05, 0.1) is 7.11 Å². The number of aromatic nitrogens is 2. The molecule has 7 heteroatoms. The molecule has 0 aliphatic rings. The molecule has 6 nitrogen and oxygen atoms in total. The lowest BCUT2D eigenvalue weighted by molar-refractivity contribution is 0.0953. The van der Waals surface area contributed by atoms with Gasteiger partial charge < -0.3 is 10.1 Å². The highest BCUT2D eigenvalue weighted by Gasteiger charge is 2.17. The molecule has 0 aliphatic heterocycles. The van der Waals surface area contributed by atoms with Gasteiger partial charge >= 0.3 is 0 Å². The van der Waals surface area contributed by atoms with Gasteiger partial charge in [0.1, 0.15) is 0 Å². The molecule has 82 valence electrons. The van der Waals surface area contributed by atoms with Gasteiger partial charge in [-0.2, -0.15) is 0 Å². The number of nitrogens with zero attached hydrogens (tertiary/aromatic N) is 1. The average molecular weight is 229 g/mol. The van der Waals surface area contributed by atoms with E-state index in [1.165, 1.54) is 25.9 Å². The number of H-pyrrole nitrogens is 1. The molecule has 0 aliphatic carbocycles. The summed E-state index contributed by atoms with van der Waals surface area (Å²) in [7, 11) is 2.78. The van der Waals surface area contributed by atoms with Crippen LogP contribution >= 0.6 is 11.8 Å². The number of aromatic amines is 1. The van der Waals surface area contributed by atoms with E-state index in [2.05, 4.69) is 15.3 Å². The summed E-state index contributed by atoms with van der Waals surface area (Å²) in [5.41, 5.74) is -0.469. The number of carbonyl (C=O) groups is 1. The van der Waals surface area contributed by atoms with E-state index < -0.39 is 11.5 Å². The van der Waals surface area contributed by atoms with Crippen LogP contribution < -0.4 is 15.6 Å². The normalized spacial score (nSPS) is 9.80. The monoisotopic (exact) mass is 229 g/mol. The summed E-state index contributed by atoms with van der Waals surface area (Å²) >= 11 is 1.24. The van der Waals surface area contributed by atoms with Crippen LogP contribution in [0.1, 0.15) is 10.5 Å². The molecule has 0 saturated heterocycles. The first kappa shape index (κ1) is 11.6. The van der Waals surface area contributed by atoms with E-state index in [9.17, 15) is 9.59 Å². The first-order valence-electron chi connectivity index (χ1n) is 4.08. The van der Waals surface area contributed by atoms with Gasteiger partial charge in [-0.25, -0.2) is 4.98 Å². The smallest absolute Gasteiger partial charge is 0.294 e. The Kier molecular flexibility index (Phi) is 3.73. The molecule has 2 N–H and O–H groups in total. The Balaban J connectivity index is 3.39. The fourth-order valence-electron chi connectivity index (χ4n) is 1.00. The zero-order valence-corrected chi connectivity index (χ0v) is 9.40. The van der Waals surface area contributed by atoms with Crippen molar-refractivity contribution in [1.29, 1.82) is 0 Å². The quantitative estimate of drug-likeness (QED) is 0.556. The predicted octanol–water partition coefficient (Wildman–Crippen LogP) is -0.140. The first-order valence-corrected chi connectivity index (χ1v) is 5.30. The van der Waals surface area contributed by atoms with Gasteiger partial charge in [-0.3, -0.25) is 14.6 Å². The van der Waals surface area contributed by atoms with E-state index >= 15 is 0 Å². The summed E-state index contributed by atoms with van der Waals surface area (Å²) in [5, 5.41) is 2.77. The molecule has 0 radical (unpaired) electrons. The molecule has 0 unspecified atom stereocenters. The summed E-state index contributed by atoms with van der Waals surface area (Å²) in [6, 6.07) is 0. The number of ether oxygens (including phenoxy) is 1. The molecule has 15 heavy (non-hydrogen) atoms. The van der Waals surface area contributed by atoms with Crippen LogP contribution in [-0.2, 0) is 0 Å². The summed E-state index contributed by atoms with van der Waals surface area (Å²) in [6.07, 6.45) is 1.75. The van der Waals surface area contributed by atoms with Crippen molar-refractivity contribution >= 4 is 17.7 Å². The van der Waals surface area contributed by atoms with Crippen LogP contribution in [0.5, 0.6) is 5.75 Å². The van der Waals surface area contributed by atoms with Gasteiger partial charge in [-0.1, -0.05) is 11.8 Å². The number of carbonyl (C=O) groups excluding carboxylic acids is 1. The van der Waals surface area contributed by atoms with Gasteiger partial charge in [-0.15, -0.1) is 0 Å². The Hall–Kier alpha value is -1.50. The van der Waals surface area contributed by atoms with Crippen LogP contribution in [0.3, 0.4) is 0 Å². The predicted molar refractivity (Wildman–Crippen MR) is 56.6 cm³/mol. The fourth-order valence-corrected chi connectivity index (χ4v) is 1.38. The van der Waals surface area contributed by atoms with Crippen LogP contribution in [0, 0.1) is 0 Å². The van der Waals surface area contributed by atoms with Crippen molar-refractivity contribution in [2.45, 2.75) is 5.16 Å². The molecule has 0 fully saturated rings. The maximum absolute atomic E-state index is 11.5. The van der Waals surface area contributed by atoms with Crippen LogP contribution in [0.2, 0.25) is 0 Å². The number of thioether (sulfide) groups is 1. The number of hydrogen-bond donors (Lipinski definition) is 2. The lowest BCUT2D eigenvalue weighted by Crippen LogP contribution is -2.25. The highest BCUT2D eigenvalue weighted by molar-refractivity contribution is 7.98. The van der Waals surface area contributed by atoms with Crippen molar-refractivity contribution in [3.63, 3.8) is 0 Å². The van der Waals surface area contributed by atoms with Crippen molar-refractivity contribution in [3.8, 4) is 5.75 Å². The molecule has 1 rings (SSSR count). The molecule has 0 saturated carbocycles. The van der Waals surface area contributed by atoms with Crippen LogP contribution in [0.15, 0.2) is 9.95 Å². The largest absolute Gasteiger partial charge is 0.489 e. The van der Waals surface area contributed by atoms with E-state index in [1.54, 1.807) is 6.26 Å². The molecule has 0 spiro atoms. The van der Waals surface area contributed by atoms with Gasteiger partial charge in [0.25, 0.3) is 11.5 Å². The molecule has 0 aromatic carbocycles. The van der Waals surface area contributed by atoms with Crippen molar-refractivity contribution in [2.75, 3.05) is 20.4 Å². The molecule has 1 heterocycles. The Labute approximate surface area is 90.4 Å². The minimum absolute atomic E-state index is 0.00639. The van der Waals surface area contributed by atoms with Crippen molar-refractivity contribution in [3.05, 3.63) is 16.0 Å². The van der Waals surface area contributed by atoms with Gasteiger partial charge in [0, 0.05) is 7.05 Å². The third kappa shape index (κ3) is 2.30. The topological polar surface area (TPSA) is 84.1 Å². The van der Waals surface area contributed by atoms with E-state index in [0.29, 0.717) is 5.16 Å². The second-order valence-corrected chi connectivity index (χ2v) is 3.33. The summed E-state index contributed by atoms with van der Waals surface area (Å²) in [6.45, 7) is 0. The highest BCUT2D eigenvalue weighted by atomic mass is 32.2. The molecule has 1 aromatic heterocycles. The second-order valence-electron chi connectivity index (χ2n) is 2.54. The lowest BCUT2D eigenvalue weighted by atomic mass is 10.3. The molecular weight excluding hydrogens is 218 g/mol. The minimum atomic E-state index is -0.463. The number of methoxy groups -OCH3 is 1. The Bertz CT molecular complexity index is 430. The number of amides is 1. The third-order valence-corrected chi connectivity index (χ3v) is 2.27. The SMILES string of the molecule is CNC(=O)c1nc(SC)[nH]c(=O)c1OC. The third-order valence-electron chi connectivity index (χ3n) is 1.69. The number of rotatable bonds is 3. The van der Waals surface area contributed by atoms with Crippen LogP contribution in [0.4, 0.5) is 0 Å². The Morgan fingerprint density at radius 1 is 1.60 bits per heavy atom. The molecule has 1 amide bonds. The van der Waals surface area contributed by atoms with E-state index in [0.717, 1.165) is 0 Å². The zero-order chi connectivity index (χ0) is 11.4. The Morgan fingerprint density at radius 3 is 2.73 bits per heavy atom. The van der Waals surface area contributed by atoms with E-state index in [-0.39, 0.29) is 11.4 Å². The van der Waals surface area contributed by atoms with E-state index in [1.807, 2.05) is 0 Å². The molecule has 1 aromatic rings. The minimum Gasteiger partial charge on any atom is -0.489 e. The summed E-state index contributed by atoms with van der Waals surface area (Å²) in [5.74, 6) is -0.527. The lowest BCUT2D eigenvalue weighted by Gasteiger charge is -2.06. The highest BCUT2D eigenvalue weighted by Crippen LogP contribution is 2.13. The van der Waals surface area contributed by atoms with Crippen molar-refractivity contribution in [1.82, 2.24) is 15.3 Å². The molecule has 0 atom stereocenters. The maximum atomic E-state index is 11.5. The second kappa shape index (κ2) is 4.83.